The molecule has 2 saturated heterocycles. The predicted octanol–water partition coefficient (Wildman–Crippen LogP) is 5.08. The van der Waals surface area contributed by atoms with Crippen molar-refractivity contribution in [2.24, 2.45) is 0 Å². The number of fused-ring (bicyclic) bond motifs is 2. The van der Waals surface area contributed by atoms with Gasteiger partial charge in [-0.1, -0.05) is 61.0 Å². The average molecular weight is 324 g/mol. The van der Waals surface area contributed by atoms with E-state index in [1.165, 1.54) is 36.0 Å². The first kappa shape index (κ1) is 15.3. The fourth-order valence-corrected chi connectivity index (χ4v) is 6.15. The van der Waals surface area contributed by atoms with Crippen molar-refractivity contribution in [3.8, 4) is 11.1 Å². The first-order chi connectivity index (χ1) is 11.2. The highest BCUT2D eigenvalue weighted by Crippen LogP contribution is 2.46. The molecule has 2 aromatic carbocycles. The van der Waals surface area contributed by atoms with E-state index in [9.17, 15) is 5.11 Å². The molecule has 2 aliphatic heterocycles. The Labute approximate surface area is 143 Å². The zero-order valence-electron chi connectivity index (χ0n) is 13.4. The first-order valence-electron chi connectivity index (χ1n) is 8.72. The Morgan fingerprint density at radius 3 is 2.13 bits per heavy atom. The molecule has 0 aliphatic carbocycles. The van der Waals surface area contributed by atoms with E-state index < -0.39 is 5.60 Å². The molecule has 2 fully saturated rings. The lowest BCUT2D eigenvalue weighted by Gasteiger charge is -2.44. The first-order valence-corrected chi connectivity index (χ1v) is 9.67. The molecule has 1 nitrogen and oxygen atoms in total. The monoisotopic (exact) mass is 324 g/mol. The summed E-state index contributed by atoms with van der Waals surface area (Å²) in [5.41, 5.74) is 3.27. The Hall–Kier alpha value is -1.25. The van der Waals surface area contributed by atoms with Crippen LogP contribution in [0.2, 0.25) is 0 Å². The van der Waals surface area contributed by atoms with Gasteiger partial charge in [-0.15, -0.1) is 0 Å². The van der Waals surface area contributed by atoms with Crippen LogP contribution in [0, 0.1) is 0 Å². The van der Waals surface area contributed by atoms with Crippen molar-refractivity contribution in [2.45, 2.75) is 54.6 Å². The van der Waals surface area contributed by atoms with Crippen molar-refractivity contribution in [3.05, 3.63) is 60.2 Å². The lowest BCUT2D eigenvalue weighted by Crippen LogP contribution is -2.44. The lowest BCUT2D eigenvalue weighted by atomic mass is 9.81. The van der Waals surface area contributed by atoms with Crippen molar-refractivity contribution < 1.29 is 5.11 Å². The number of benzene rings is 2. The van der Waals surface area contributed by atoms with Gasteiger partial charge in [0, 0.05) is 16.9 Å². The second-order valence-corrected chi connectivity index (χ2v) is 8.79. The van der Waals surface area contributed by atoms with Crippen LogP contribution >= 0.6 is 11.8 Å². The minimum Gasteiger partial charge on any atom is -0.389 e. The summed E-state index contributed by atoms with van der Waals surface area (Å²) in [5, 5.41) is 12.5. The third kappa shape index (κ3) is 3.49. The topological polar surface area (TPSA) is 20.2 Å². The summed E-state index contributed by atoms with van der Waals surface area (Å²) < 4.78 is 0. The maximum Gasteiger partial charge on any atom is 0.0709 e. The highest BCUT2D eigenvalue weighted by Gasteiger charge is 2.41. The van der Waals surface area contributed by atoms with E-state index in [1.807, 2.05) is 6.07 Å². The van der Waals surface area contributed by atoms with Crippen LogP contribution in [0.4, 0.5) is 0 Å². The Balaban J connectivity index is 1.48. The molecule has 0 saturated carbocycles. The zero-order chi connectivity index (χ0) is 15.7. The molecule has 23 heavy (non-hydrogen) atoms. The largest absolute Gasteiger partial charge is 0.389 e. The van der Waals surface area contributed by atoms with Crippen molar-refractivity contribution >= 4 is 11.8 Å². The van der Waals surface area contributed by atoms with Gasteiger partial charge in [0.25, 0.3) is 0 Å². The molecule has 2 unspecified atom stereocenters. The molecule has 2 heteroatoms. The van der Waals surface area contributed by atoms with Gasteiger partial charge >= 0.3 is 0 Å². The molecule has 2 atom stereocenters. The van der Waals surface area contributed by atoms with Gasteiger partial charge in [0.15, 0.2) is 0 Å². The van der Waals surface area contributed by atoms with Crippen LogP contribution < -0.4 is 0 Å². The van der Waals surface area contributed by atoms with Crippen LogP contribution in [0.5, 0.6) is 0 Å². The van der Waals surface area contributed by atoms with Crippen LogP contribution in [0.3, 0.4) is 0 Å². The molecule has 120 valence electrons. The van der Waals surface area contributed by atoms with Gasteiger partial charge in [-0.25, -0.2) is 0 Å². The van der Waals surface area contributed by atoms with Crippen LogP contribution in [0.25, 0.3) is 11.1 Å². The van der Waals surface area contributed by atoms with E-state index in [1.54, 1.807) is 0 Å². The average Bonchev–Trinajstić information content (AvgIpc) is 2.55. The predicted molar refractivity (Wildman–Crippen MR) is 98.8 cm³/mol. The van der Waals surface area contributed by atoms with Gasteiger partial charge in [0.05, 0.1) is 5.60 Å². The van der Waals surface area contributed by atoms with Crippen molar-refractivity contribution in [1.82, 2.24) is 0 Å². The van der Waals surface area contributed by atoms with Gasteiger partial charge < -0.3 is 5.11 Å². The molecule has 1 N–H and O–H groups in total. The highest BCUT2D eigenvalue weighted by atomic mass is 32.2. The van der Waals surface area contributed by atoms with Crippen molar-refractivity contribution in [3.63, 3.8) is 0 Å². The Kier molecular flexibility index (Phi) is 4.21. The molecule has 0 radical (unpaired) electrons. The number of aliphatic hydroxyl groups is 1. The summed E-state index contributed by atoms with van der Waals surface area (Å²) in [5.74, 6) is 0. The molecular formula is C21H24OS. The van der Waals surface area contributed by atoms with Gasteiger partial charge in [0.2, 0.25) is 0 Å². The van der Waals surface area contributed by atoms with E-state index in [0.29, 0.717) is 10.5 Å². The summed E-state index contributed by atoms with van der Waals surface area (Å²) in [6, 6.07) is 19.2. The van der Waals surface area contributed by atoms with Gasteiger partial charge in [-0.05, 0) is 42.4 Å². The van der Waals surface area contributed by atoms with Gasteiger partial charge in [-0.2, -0.15) is 11.8 Å². The second kappa shape index (κ2) is 6.33. The number of thioether (sulfide) groups is 1. The second-order valence-electron chi connectivity index (χ2n) is 7.18. The summed E-state index contributed by atoms with van der Waals surface area (Å²) in [6.07, 6.45) is 6.66. The molecule has 0 amide bonds. The lowest BCUT2D eigenvalue weighted by molar-refractivity contribution is 0.0130. The minimum atomic E-state index is -0.491. The van der Waals surface area contributed by atoms with E-state index in [4.69, 9.17) is 0 Å². The van der Waals surface area contributed by atoms with E-state index in [2.05, 4.69) is 60.3 Å². The summed E-state index contributed by atoms with van der Waals surface area (Å²) >= 11 is 2.13. The number of hydrogen-bond donors (Lipinski definition) is 1. The van der Waals surface area contributed by atoms with Crippen molar-refractivity contribution in [2.75, 3.05) is 0 Å². The summed E-state index contributed by atoms with van der Waals surface area (Å²) in [7, 11) is 0. The van der Waals surface area contributed by atoms with E-state index in [-0.39, 0.29) is 0 Å². The van der Waals surface area contributed by atoms with Crippen LogP contribution in [0.1, 0.15) is 37.7 Å². The standard InChI is InChI=1S/C21H24OS/c22-21(14-19-7-4-8-20(15-21)23-19)13-16-9-11-18(12-10-16)17-5-2-1-3-6-17/h1-3,5-6,9-12,19-20,22H,4,7-8,13-15H2. The van der Waals surface area contributed by atoms with Gasteiger partial charge in [-0.3, -0.25) is 0 Å². The normalized spacial score (nSPS) is 30.1. The number of hydrogen-bond acceptors (Lipinski definition) is 2. The zero-order valence-corrected chi connectivity index (χ0v) is 14.3. The van der Waals surface area contributed by atoms with Crippen LogP contribution in [0.15, 0.2) is 54.6 Å². The summed E-state index contributed by atoms with van der Waals surface area (Å²) in [6.45, 7) is 0. The highest BCUT2D eigenvalue weighted by molar-refractivity contribution is 8.00. The smallest absolute Gasteiger partial charge is 0.0709 e. The Morgan fingerprint density at radius 2 is 1.48 bits per heavy atom. The molecule has 2 aromatic rings. The fraction of sp³-hybridized carbons (Fsp3) is 0.429. The third-order valence-electron chi connectivity index (χ3n) is 5.25. The van der Waals surface area contributed by atoms with Crippen LogP contribution in [-0.2, 0) is 6.42 Å². The molecule has 4 rings (SSSR count). The maximum absolute atomic E-state index is 11.1. The molecule has 2 aliphatic rings. The van der Waals surface area contributed by atoms with Crippen molar-refractivity contribution in [1.29, 1.82) is 0 Å². The SMILES string of the molecule is OC1(Cc2ccc(-c3ccccc3)cc2)CC2CCCC(C1)S2. The molecule has 0 aromatic heterocycles. The number of rotatable bonds is 3. The minimum absolute atomic E-state index is 0.491. The van der Waals surface area contributed by atoms with Crippen LogP contribution in [-0.4, -0.2) is 21.2 Å². The quantitative estimate of drug-likeness (QED) is 0.850. The molecule has 2 bridgehead atoms. The molecule has 2 heterocycles. The fourth-order valence-electron chi connectivity index (χ4n) is 4.18. The molecule has 0 spiro atoms. The molecular weight excluding hydrogens is 300 g/mol. The van der Waals surface area contributed by atoms with E-state index in [0.717, 1.165) is 19.3 Å². The van der Waals surface area contributed by atoms with Gasteiger partial charge in [0.1, 0.15) is 0 Å². The third-order valence-corrected chi connectivity index (χ3v) is 6.82. The van der Waals surface area contributed by atoms with E-state index >= 15 is 0 Å². The summed E-state index contributed by atoms with van der Waals surface area (Å²) in [4.78, 5) is 0. The maximum atomic E-state index is 11.1. The Bertz CT molecular complexity index is 637. The Morgan fingerprint density at radius 1 is 0.870 bits per heavy atom.